The summed E-state index contributed by atoms with van der Waals surface area (Å²) in [5.41, 5.74) is -1.92. The largest absolute Gasteiger partial charge is 0.569 e. The Bertz CT molecular complexity index is 1090. The highest BCUT2D eigenvalue weighted by atomic mass is 16.7. The molecule has 20 heteroatoms. The van der Waals surface area contributed by atoms with Crippen molar-refractivity contribution in [3.05, 3.63) is 42.8 Å². The molecular weight excluding hydrogens is 520 g/mol. The molecule has 2 fully saturated rings. The van der Waals surface area contributed by atoms with Gasteiger partial charge in [-0.2, -0.15) is 0 Å². The van der Waals surface area contributed by atoms with Crippen LogP contribution in [0.5, 0.6) is 11.5 Å². The summed E-state index contributed by atoms with van der Waals surface area (Å²) in [4.78, 5) is 54.1. The summed E-state index contributed by atoms with van der Waals surface area (Å²) >= 11 is 0. The smallest absolute Gasteiger partial charge is 0.334 e. The lowest BCUT2D eigenvalue weighted by Gasteiger charge is -2.17. The first-order valence-electron chi connectivity index (χ1n) is 10.9. The fraction of sp³-hybridized carbons (Fsp3) is 0.556. The number of carbonyl (C=O) groups excluding carboxylic acids is 2. The van der Waals surface area contributed by atoms with Crippen molar-refractivity contribution in [1.82, 2.24) is 10.0 Å². The van der Waals surface area contributed by atoms with Gasteiger partial charge in [0.2, 0.25) is 22.1 Å². The van der Waals surface area contributed by atoms with Crippen LogP contribution in [-0.4, -0.2) is 81.1 Å². The highest BCUT2D eigenvalue weighted by Crippen LogP contribution is 2.39. The topological polar surface area (TPSA) is 241 Å². The fourth-order valence-electron chi connectivity index (χ4n) is 3.89. The number of hydrogen-bond acceptors (Lipinski definition) is 14. The second kappa shape index (κ2) is 11.8. The Labute approximate surface area is 212 Å². The summed E-state index contributed by atoms with van der Waals surface area (Å²) in [7, 11) is 2.27. The maximum atomic E-state index is 12.4. The van der Waals surface area contributed by atoms with E-state index in [1.807, 2.05) is 0 Å². The van der Waals surface area contributed by atoms with E-state index in [-0.39, 0.29) is 35.9 Å². The van der Waals surface area contributed by atoms with Gasteiger partial charge in [-0.25, -0.2) is 9.59 Å². The van der Waals surface area contributed by atoms with Gasteiger partial charge in [0.15, 0.2) is 12.1 Å². The molecule has 206 valence electrons. The molecule has 0 saturated carbocycles. The normalized spacial score (nSPS) is 19.7. The van der Waals surface area contributed by atoms with Crippen molar-refractivity contribution >= 4 is 23.3 Å². The van der Waals surface area contributed by atoms with Gasteiger partial charge in [0.25, 0.3) is 0 Å². The van der Waals surface area contributed by atoms with E-state index < -0.39 is 56.7 Å². The Morgan fingerprint density at radius 2 is 1.18 bits per heavy atom. The second-order valence-electron chi connectivity index (χ2n) is 7.84. The zero-order valence-corrected chi connectivity index (χ0v) is 20.0. The molecule has 2 aliphatic heterocycles. The molecule has 38 heavy (non-hydrogen) atoms. The molecule has 0 amide bonds. The first-order chi connectivity index (χ1) is 18.1. The summed E-state index contributed by atoms with van der Waals surface area (Å²) in [6.07, 6.45) is 1.48. The second-order valence-corrected chi connectivity index (χ2v) is 7.84. The number of nitro benzene ring substituents is 2. The third-order valence-corrected chi connectivity index (χ3v) is 5.69. The molecule has 1 aromatic carbocycles. The van der Waals surface area contributed by atoms with Gasteiger partial charge < -0.3 is 19.9 Å². The number of nitro groups is 2. The quantitative estimate of drug-likeness (QED) is 0.132. The fourth-order valence-corrected chi connectivity index (χ4v) is 3.89. The molecule has 2 heterocycles. The Kier molecular flexibility index (Phi) is 8.55. The van der Waals surface area contributed by atoms with Crippen molar-refractivity contribution in [2.24, 2.45) is 10.6 Å². The minimum atomic E-state index is -1.04. The van der Waals surface area contributed by atoms with E-state index in [0.717, 1.165) is 24.2 Å². The van der Waals surface area contributed by atoms with Gasteiger partial charge in [-0.15, -0.1) is 10.0 Å². The first kappa shape index (κ1) is 27.5. The van der Waals surface area contributed by atoms with Crippen LogP contribution >= 0.6 is 0 Å². The molecule has 2 unspecified atom stereocenters. The molecule has 2 atom stereocenters. The van der Waals surface area contributed by atoms with Gasteiger partial charge in [-0.3, -0.25) is 29.9 Å². The molecule has 0 radical (unpaired) electrons. The monoisotopic (exact) mass is 542 g/mol. The van der Waals surface area contributed by atoms with E-state index in [0.29, 0.717) is 25.0 Å². The number of esters is 2. The molecule has 0 spiro atoms. The van der Waals surface area contributed by atoms with E-state index in [2.05, 4.69) is 20.0 Å². The summed E-state index contributed by atoms with van der Waals surface area (Å²) in [6, 6.07) is -0.831. The molecule has 3 rings (SSSR count). The summed E-state index contributed by atoms with van der Waals surface area (Å²) in [6.45, 7) is 0.211. The molecule has 0 bridgehead atoms. The number of ether oxygens (including phenoxy) is 2. The van der Waals surface area contributed by atoms with Gasteiger partial charge >= 0.3 is 23.3 Å². The van der Waals surface area contributed by atoms with Gasteiger partial charge in [-0.1, -0.05) is 0 Å². The number of benzene rings is 1. The van der Waals surface area contributed by atoms with Gasteiger partial charge in [0, 0.05) is 6.07 Å². The molecule has 0 aliphatic carbocycles. The molecular formula is C18H22N8O12. The van der Waals surface area contributed by atoms with Crippen LogP contribution in [0.2, 0.25) is 0 Å². The number of methoxy groups -OCH3 is 2. The Morgan fingerprint density at radius 1 is 0.789 bits per heavy atom. The lowest BCUT2D eigenvalue weighted by atomic mass is 10.2. The Morgan fingerprint density at radius 3 is 1.53 bits per heavy atom. The number of rotatable bonds is 10. The average molecular weight is 542 g/mol. The van der Waals surface area contributed by atoms with Crippen LogP contribution in [0.1, 0.15) is 25.7 Å². The third-order valence-electron chi connectivity index (χ3n) is 5.69. The zero-order valence-electron chi connectivity index (χ0n) is 20.0. The maximum absolute atomic E-state index is 12.4. The Hall–Kier alpha value is -5.04. The Balaban J connectivity index is 1.90. The maximum Gasteiger partial charge on any atom is 0.334 e. The van der Waals surface area contributed by atoms with Crippen LogP contribution in [0.25, 0.3) is 0 Å². The van der Waals surface area contributed by atoms with Gasteiger partial charge in [0.05, 0.1) is 47.1 Å². The predicted octanol–water partition coefficient (Wildman–Crippen LogP) is 1.12. The highest BCUT2D eigenvalue weighted by Gasteiger charge is 2.39. The van der Waals surface area contributed by atoms with E-state index in [4.69, 9.17) is 9.68 Å². The van der Waals surface area contributed by atoms with Crippen molar-refractivity contribution in [3.8, 4) is 11.5 Å². The number of nitrogens with zero attached hydrogens (tertiary/aromatic N) is 8. The SMILES string of the molecule is COC(=O)C1CCCN1/[N+]([O-])=N/Oc1cc(O/N=[N+](\[O-])N2CCCC2C(=O)OC)c([N+](=O)[O-])cc1[N+](=O)[O-]. The predicted molar refractivity (Wildman–Crippen MR) is 117 cm³/mol. The van der Waals surface area contributed by atoms with Crippen LogP contribution in [0.4, 0.5) is 11.4 Å². The van der Waals surface area contributed by atoms with Gasteiger partial charge in [0.1, 0.15) is 6.07 Å². The number of hydrazine groups is 2. The average Bonchev–Trinajstić information content (AvgIpc) is 3.59. The van der Waals surface area contributed by atoms with Crippen LogP contribution in [0, 0.1) is 30.6 Å². The summed E-state index contributed by atoms with van der Waals surface area (Å²) in [5, 5.41) is 56.1. The number of carbonyl (C=O) groups is 2. The third kappa shape index (κ3) is 5.84. The van der Waals surface area contributed by atoms with E-state index in [9.17, 15) is 40.2 Å². The van der Waals surface area contributed by atoms with Crippen LogP contribution in [0.15, 0.2) is 22.7 Å². The van der Waals surface area contributed by atoms with Crippen molar-refractivity contribution in [1.29, 1.82) is 0 Å². The molecule has 0 aromatic heterocycles. The highest BCUT2D eigenvalue weighted by molar-refractivity contribution is 5.76. The van der Waals surface area contributed by atoms with Crippen LogP contribution in [0.3, 0.4) is 0 Å². The zero-order chi connectivity index (χ0) is 28.0. The van der Waals surface area contributed by atoms with Crippen molar-refractivity contribution in [3.63, 3.8) is 0 Å². The van der Waals surface area contributed by atoms with Crippen molar-refractivity contribution in [2.75, 3.05) is 27.3 Å². The molecule has 0 N–H and O–H groups in total. The van der Waals surface area contributed by atoms with Gasteiger partial charge in [-0.05, 0) is 25.7 Å². The lowest BCUT2D eigenvalue weighted by molar-refractivity contribution is -0.708. The van der Waals surface area contributed by atoms with Crippen molar-refractivity contribution < 1.29 is 48.5 Å². The van der Waals surface area contributed by atoms with E-state index in [1.54, 1.807) is 0 Å². The number of hydrogen-bond donors (Lipinski definition) is 0. The van der Waals surface area contributed by atoms with Crippen LogP contribution < -0.4 is 9.68 Å². The molecule has 1 aromatic rings. The summed E-state index contributed by atoms with van der Waals surface area (Å²) < 4.78 is 9.24. The van der Waals surface area contributed by atoms with Crippen molar-refractivity contribution in [2.45, 2.75) is 37.8 Å². The molecule has 2 aliphatic rings. The minimum Gasteiger partial charge on any atom is -0.569 e. The minimum absolute atomic E-state index is 0.105. The lowest BCUT2D eigenvalue weighted by Crippen LogP contribution is -2.41. The first-order valence-corrected chi connectivity index (χ1v) is 10.9. The van der Waals surface area contributed by atoms with Crippen LogP contribution in [-0.2, 0) is 19.1 Å². The van der Waals surface area contributed by atoms with E-state index in [1.165, 1.54) is 0 Å². The molecule has 2 saturated heterocycles. The van der Waals surface area contributed by atoms with E-state index >= 15 is 0 Å². The standard InChI is InChI=1S/C18H22N8O12/c1-35-17(27)11-5-3-7-21(11)25(33)19-37-15-10-16(14(24(31)32)9-13(15)23(29)30)38-20-26(34)22-8-4-6-12(22)18(28)36-2/h9-12H,3-8H2,1-2H3/b25-19-,26-20-. The molecule has 20 nitrogen and oxygen atoms in total. The summed E-state index contributed by atoms with van der Waals surface area (Å²) in [5.74, 6) is -2.95.